The SMILES string of the molecule is Cc1n[nH]c(C)c1NS(=O)(=O)c1ccc([N+](=O)[O-])cc1N. The third kappa shape index (κ3) is 2.79. The molecule has 10 heteroatoms. The highest BCUT2D eigenvalue weighted by atomic mass is 32.2. The molecule has 0 saturated carbocycles. The molecule has 2 aromatic rings. The molecular weight excluding hydrogens is 298 g/mol. The van der Waals surface area contributed by atoms with E-state index in [1.165, 1.54) is 0 Å². The smallest absolute Gasteiger partial charge is 0.271 e. The predicted molar refractivity (Wildman–Crippen MR) is 76.4 cm³/mol. The molecule has 0 aliphatic carbocycles. The van der Waals surface area contributed by atoms with Crippen molar-refractivity contribution in [3.63, 3.8) is 0 Å². The van der Waals surface area contributed by atoms with Crippen LogP contribution >= 0.6 is 0 Å². The summed E-state index contributed by atoms with van der Waals surface area (Å²) >= 11 is 0. The summed E-state index contributed by atoms with van der Waals surface area (Å²) in [5, 5.41) is 17.2. The molecule has 0 radical (unpaired) electrons. The largest absolute Gasteiger partial charge is 0.397 e. The Morgan fingerprint density at radius 3 is 2.52 bits per heavy atom. The Kier molecular flexibility index (Phi) is 3.56. The Bertz CT molecular complexity index is 793. The fourth-order valence-corrected chi connectivity index (χ4v) is 3.08. The number of nitrogens with two attached hydrogens (primary N) is 1. The number of hydrogen-bond acceptors (Lipinski definition) is 6. The minimum absolute atomic E-state index is 0.199. The number of H-pyrrole nitrogens is 1. The van der Waals surface area contributed by atoms with Crippen molar-refractivity contribution in [2.75, 3.05) is 10.5 Å². The van der Waals surface area contributed by atoms with E-state index in [0.717, 1.165) is 18.2 Å². The molecule has 0 unspecified atom stereocenters. The average Bonchev–Trinajstić information content (AvgIpc) is 2.69. The van der Waals surface area contributed by atoms with Crippen molar-refractivity contribution in [3.05, 3.63) is 39.7 Å². The van der Waals surface area contributed by atoms with Gasteiger partial charge in [-0.05, 0) is 19.9 Å². The van der Waals surface area contributed by atoms with Crippen molar-refractivity contribution < 1.29 is 13.3 Å². The lowest BCUT2D eigenvalue weighted by molar-refractivity contribution is -0.384. The first-order chi connectivity index (χ1) is 9.72. The van der Waals surface area contributed by atoms with Crippen LogP contribution in [0.1, 0.15) is 11.4 Å². The normalized spacial score (nSPS) is 11.3. The lowest BCUT2D eigenvalue weighted by atomic mass is 10.3. The third-order valence-electron chi connectivity index (χ3n) is 2.86. The van der Waals surface area contributed by atoms with Gasteiger partial charge in [0.2, 0.25) is 0 Å². The van der Waals surface area contributed by atoms with Gasteiger partial charge in [0.25, 0.3) is 15.7 Å². The second-order valence-corrected chi connectivity index (χ2v) is 6.04. The minimum Gasteiger partial charge on any atom is -0.397 e. The summed E-state index contributed by atoms with van der Waals surface area (Å²) in [6.45, 7) is 3.30. The number of hydrogen-bond donors (Lipinski definition) is 3. The Balaban J connectivity index is 2.43. The standard InChI is InChI=1S/C11H13N5O4S/c1-6-11(7(2)14-13-6)15-21(19,20)10-4-3-8(16(17)18)5-9(10)12/h3-5,15H,12H2,1-2H3,(H,13,14). The first-order valence-corrected chi connectivity index (χ1v) is 7.29. The maximum Gasteiger partial charge on any atom is 0.271 e. The number of aryl methyl sites for hydroxylation is 2. The molecule has 0 atom stereocenters. The third-order valence-corrected chi connectivity index (χ3v) is 4.28. The summed E-state index contributed by atoms with van der Waals surface area (Å²) in [6.07, 6.45) is 0. The van der Waals surface area contributed by atoms with E-state index in [-0.39, 0.29) is 16.3 Å². The predicted octanol–water partition coefficient (Wildman–Crippen LogP) is 1.32. The van der Waals surface area contributed by atoms with Crippen molar-refractivity contribution >= 4 is 27.1 Å². The summed E-state index contributed by atoms with van der Waals surface area (Å²) in [5.74, 6) is 0. The first-order valence-electron chi connectivity index (χ1n) is 5.80. The molecule has 4 N–H and O–H groups in total. The van der Waals surface area contributed by atoms with Crippen LogP contribution in [0.3, 0.4) is 0 Å². The molecule has 0 aliphatic heterocycles. The number of nitro benzene ring substituents is 1. The van der Waals surface area contributed by atoms with Crippen molar-refractivity contribution in [3.8, 4) is 0 Å². The monoisotopic (exact) mass is 311 g/mol. The zero-order valence-electron chi connectivity index (χ0n) is 11.2. The minimum atomic E-state index is -3.96. The van der Waals surface area contributed by atoms with Gasteiger partial charge in [0.05, 0.1) is 27.7 Å². The second kappa shape index (κ2) is 5.05. The van der Waals surface area contributed by atoms with Gasteiger partial charge in [-0.25, -0.2) is 8.42 Å². The van der Waals surface area contributed by atoms with Gasteiger partial charge < -0.3 is 5.73 Å². The Morgan fingerprint density at radius 1 is 1.38 bits per heavy atom. The maximum atomic E-state index is 12.3. The van der Waals surface area contributed by atoms with Crippen LogP contribution in [0.15, 0.2) is 23.1 Å². The van der Waals surface area contributed by atoms with Crippen LogP contribution in [0.25, 0.3) is 0 Å². The van der Waals surface area contributed by atoms with Gasteiger partial charge in [0, 0.05) is 12.1 Å². The van der Waals surface area contributed by atoms with E-state index in [4.69, 9.17) is 5.73 Å². The number of nitro groups is 1. The number of non-ortho nitro benzene ring substituents is 1. The highest BCUT2D eigenvalue weighted by Crippen LogP contribution is 2.27. The number of aromatic nitrogens is 2. The quantitative estimate of drug-likeness (QED) is 0.441. The second-order valence-electron chi connectivity index (χ2n) is 4.39. The van der Waals surface area contributed by atoms with Crippen molar-refractivity contribution in [2.45, 2.75) is 18.7 Å². The van der Waals surface area contributed by atoms with Crippen LogP contribution in [0.2, 0.25) is 0 Å². The van der Waals surface area contributed by atoms with Gasteiger partial charge in [-0.2, -0.15) is 5.10 Å². The number of nitrogen functional groups attached to an aromatic ring is 1. The maximum absolute atomic E-state index is 12.3. The topological polar surface area (TPSA) is 144 Å². The molecule has 0 aliphatic rings. The van der Waals surface area contributed by atoms with Crippen LogP contribution in [-0.2, 0) is 10.0 Å². The number of benzene rings is 1. The highest BCUT2D eigenvalue weighted by molar-refractivity contribution is 7.92. The van der Waals surface area contributed by atoms with Crippen LogP contribution in [0.5, 0.6) is 0 Å². The number of nitrogens with zero attached hydrogens (tertiary/aromatic N) is 2. The van der Waals surface area contributed by atoms with Gasteiger partial charge in [0.1, 0.15) is 4.90 Å². The van der Waals surface area contributed by atoms with E-state index in [2.05, 4.69) is 14.9 Å². The summed E-state index contributed by atoms with van der Waals surface area (Å²) < 4.78 is 27.0. The van der Waals surface area contributed by atoms with Crippen LogP contribution in [-0.4, -0.2) is 23.5 Å². The zero-order chi connectivity index (χ0) is 15.8. The van der Waals surface area contributed by atoms with Gasteiger partial charge in [-0.1, -0.05) is 0 Å². The molecule has 2 rings (SSSR count). The number of aromatic amines is 1. The van der Waals surface area contributed by atoms with Gasteiger partial charge >= 0.3 is 0 Å². The summed E-state index contributed by atoms with van der Waals surface area (Å²) in [4.78, 5) is 9.76. The fourth-order valence-electron chi connectivity index (χ4n) is 1.78. The van der Waals surface area contributed by atoms with E-state index in [1.54, 1.807) is 13.8 Å². The van der Waals surface area contributed by atoms with E-state index < -0.39 is 14.9 Å². The van der Waals surface area contributed by atoms with Gasteiger partial charge in [-0.3, -0.25) is 19.9 Å². The van der Waals surface area contributed by atoms with E-state index in [0.29, 0.717) is 17.1 Å². The lowest BCUT2D eigenvalue weighted by Gasteiger charge is -2.10. The molecule has 0 fully saturated rings. The van der Waals surface area contributed by atoms with Gasteiger partial charge in [0.15, 0.2) is 0 Å². The molecule has 0 bridgehead atoms. The Labute approximate surface area is 120 Å². The summed E-state index contributed by atoms with van der Waals surface area (Å²) in [6, 6.07) is 3.18. The summed E-state index contributed by atoms with van der Waals surface area (Å²) in [7, 11) is -3.96. The van der Waals surface area contributed by atoms with E-state index >= 15 is 0 Å². The molecule has 0 saturated heterocycles. The fraction of sp³-hybridized carbons (Fsp3) is 0.182. The lowest BCUT2D eigenvalue weighted by Crippen LogP contribution is -2.15. The molecule has 1 aromatic carbocycles. The number of sulfonamides is 1. The molecule has 9 nitrogen and oxygen atoms in total. The highest BCUT2D eigenvalue weighted by Gasteiger charge is 2.22. The van der Waals surface area contributed by atoms with Crippen LogP contribution < -0.4 is 10.5 Å². The molecular formula is C11H13N5O4S. The zero-order valence-corrected chi connectivity index (χ0v) is 12.1. The average molecular weight is 311 g/mol. The van der Waals surface area contributed by atoms with E-state index in [1.807, 2.05) is 0 Å². The van der Waals surface area contributed by atoms with Crippen molar-refractivity contribution in [1.82, 2.24) is 10.2 Å². The Morgan fingerprint density at radius 2 is 2.05 bits per heavy atom. The first kappa shape index (κ1) is 14.8. The van der Waals surface area contributed by atoms with E-state index in [9.17, 15) is 18.5 Å². The molecule has 112 valence electrons. The van der Waals surface area contributed by atoms with Crippen molar-refractivity contribution in [2.24, 2.45) is 0 Å². The molecule has 1 heterocycles. The molecule has 1 aromatic heterocycles. The van der Waals surface area contributed by atoms with Crippen LogP contribution in [0.4, 0.5) is 17.1 Å². The van der Waals surface area contributed by atoms with Gasteiger partial charge in [-0.15, -0.1) is 0 Å². The molecule has 0 amide bonds. The van der Waals surface area contributed by atoms with Crippen molar-refractivity contribution in [1.29, 1.82) is 0 Å². The summed E-state index contributed by atoms with van der Waals surface area (Å²) in [5.41, 5.74) is 6.49. The Hall–Kier alpha value is -2.62. The number of nitrogens with one attached hydrogen (secondary N) is 2. The molecule has 21 heavy (non-hydrogen) atoms. The number of anilines is 2. The molecule has 0 spiro atoms. The number of rotatable bonds is 4. The van der Waals surface area contributed by atoms with Crippen LogP contribution in [0, 0.1) is 24.0 Å².